The van der Waals surface area contributed by atoms with Crippen LogP contribution in [0.2, 0.25) is 0 Å². The fraction of sp³-hybridized carbons (Fsp3) is 0. The first-order chi connectivity index (χ1) is 9.49. The first kappa shape index (κ1) is 14.6. The summed E-state index contributed by atoms with van der Waals surface area (Å²) in [4.78, 5) is 9.88. The maximum atomic E-state index is 11.3. The van der Waals surface area contributed by atoms with E-state index in [0.717, 1.165) is 6.07 Å². The molecule has 2 aromatic carbocycles. The molecule has 2 aromatic rings. The molecule has 0 saturated heterocycles. The molecule has 0 aliphatic carbocycles. The lowest BCUT2D eigenvalue weighted by Gasteiger charge is -2.10. The lowest BCUT2D eigenvalue weighted by molar-refractivity contribution is -0.385. The largest absolute Gasteiger partial charge is 0.455 e. The predicted octanol–water partition coefficient (Wildman–Crippen LogP) is 3.73. The second-order valence-electron chi connectivity index (χ2n) is 3.67. The van der Waals surface area contributed by atoms with E-state index < -0.39 is 16.0 Å². The van der Waals surface area contributed by atoms with Crippen molar-refractivity contribution in [3.05, 3.63) is 57.1 Å². The molecule has 104 valence electrons. The first-order valence-electron chi connectivity index (χ1n) is 5.30. The van der Waals surface area contributed by atoms with Crippen LogP contribution in [0.5, 0.6) is 11.5 Å². The highest BCUT2D eigenvalue weighted by molar-refractivity contribution is 9.10. The average Bonchev–Trinajstić information content (AvgIpc) is 2.41. The number of halogens is 1. The molecule has 0 aromatic heterocycles. The van der Waals surface area contributed by atoms with Gasteiger partial charge in [0.1, 0.15) is 16.4 Å². The molecule has 6 nitrogen and oxygen atoms in total. The van der Waals surface area contributed by atoms with E-state index in [-0.39, 0.29) is 16.3 Å². The number of nitrogens with zero attached hydrogens (tertiary/aromatic N) is 1. The molecular weight excluding hydrogens is 350 g/mol. The van der Waals surface area contributed by atoms with E-state index in [1.165, 1.54) is 12.1 Å². The number of para-hydroxylation sites is 1. The van der Waals surface area contributed by atoms with Crippen molar-refractivity contribution < 1.29 is 18.4 Å². The monoisotopic (exact) mass is 357 g/mol. The van der Waals surface area contributed by atoms with Crippen LogP contribution in [-0.4, -0.2) is 13.7 Å². The molecule has 0 fully saturated rings. The lowest BCUT2D eigenvalue weighted by atomic mass is 10.3. The summed E-state index contributed by atoms with van der Waals surface area (Å²) < 4.78 is 26.7. The van der Waals surface area contributed by atoms with Gasteiger partial charge in [-0.15, -0.1) is 0 Å². The highest BCUT2D eigenvalue weighted by Crippen LogP contribution is 2.34. The summed E-state index contributed by atoms with van der Waals surface area (Å²) in [5.41, 5.74) is -0.276. The van der Waals surface area contributed by atoms with Crippen molar-refractivity contribution in [3.8, 4) is 11.5 Å². The topological polar surface area (TPSA) is 89.7 Å². The van der Waals surface area contributed by atoms with Gasteiger partial charge in [-0.05, 0) is 34.1 Å². The molecule has 1 N–H and O–H groups in total. The Morgan fingerprint density at radius 2 is 1.90 bits per heavy atom. The number of ether oxygens (including phenoxy) is 1. The maximum Gasteiger partial charge on any atom is 0.271 e. The van der Waals surface area contributed by atoms with Gasteiger partial charge in [-0.25, -0.2) is 4.21 Å². The van der Waals surface area contributed by atoms with Gasteiger partial charge in [0.15, 0.2) is 11.1 Å². The molecule has 0 heterocycles. The van der Waals surface area contributed by atoms with E-state index in [0.29, 0.717) is 10.2 Å². The van der Waals surface area contributed by atoms with E-state index in [1.807, 2.05) is 0 Å². The number of non-ortho nitro benzene ring substituents is 1. The zero-order chi connectivity index (χ0) is 14.7. The summed E-state index contributed by atoms with van der Waals surface area (Å²) in [6.07, 6.45) is 0. The van der Waals surface area contributed by atoms with Crippen molar-refractivity contribution in [1.82, 2.24) is 0 Å². The molecule has 0 bridgehead atoms. The summed E-state index contributed by atoms with van der Waals surface area (Å²) in [6.45, 7) is 0. The third kappa shape index (κ3) is 3.21. The fourth-order valence-corrected chi connectivity index (χ4v) is 2.35. The highest BCUT2D eigenvalue weighted by atomic mass is 79.9. The van der Waals surface area contributed by atoms with Crippen LogP contribution in [0.4, 0.5) is 5.69 Å². The van der Waals surface area contributed by atoms with Crippen LogP contribution in [-0.2, 0) is 11.1 Å². The average molecular weight is 358 g/mol. The lowest BCUT2D eigenvalue weighted by Crippen LogP contribution is -1.97. The molecule has 8 heteroatoms. The number of benzene rings is 2. The van der Waals surface area contributed by atoms with E-state index in [2.05, 4.69) is 15.9 Å². The predicted molar refractivity (Wildman–Crippen MR) is 76.3 cm³/mol. The van der Waals surface area contributed by atoms with Crippen LogP contribution in [0.15, 0.2) is 51.8 Å². The second kappa shape index (κ2) is 6.12. The molecule has 0 aliphatic rings. The molecule has 0 saturated carbocycles. The van der Waals surface area contributed by atoms with Gasteiger partial charge in [0.05, 0.1) is 9.40 Å². The molecule has 0 spiro atoms. The van der Waals surface area contributed by atoms with Crippen molar-refractivity contribution in [2.75, 3.05) is 0 Å². The molecule has 0 aliphatic heterocycles. The molecule has 0 radical (unpaired) electrons. The number of rotatable bonds is 4. The minimum atomic E-state index is -2.39. The molecule has 1 unspecified atom stereocenters. The van der Waals surface area contributed by atoms with Gasteiger partial charge in [-0.3, -0.25) is 10.1 Å². The Bertz CT molecular complexity index is 691. The van der Waals surface area contributed by atoms with E-state index >= 15 is 0 Å². The summed E-state index contributed by atoms with van der Waals surface area (Å²) in [5, 5.41) is 10.7. The quantitative estimate of drug-likeness (QED) is 0.511. The van der Waals surface area contributed by atoms with E-state index in [1.54, 1.807) is 24.3 Å². The van der Waals surface area contributed by atoms with Crippen LogP contribution >= 0.6 is 15.9 Å². The third-order valence-electron chi connectivity index (χ3n) is 2.38. The summed E-state index contributed by atoms with van der Waals surface area (Å²) in [6, 6.07) is 10.5. The normalized spacial score (nSPS) is 11.9. The standard InChI is InChI=1S/C12H8BrNO5S/c13-9-3-1-2-4-10(9)19-11-6-5-8(14(15)16)7-12(11)20(17)18/h1-7H,(H,17,18). The van der Waals surface area contributed by atoms with E-state index in [4.69, 9.17) is 4.74 Å². The van der Waals surface area contributed by atoms with Crippen molar-refractivity contribution in [2.24, 2.45) is 0 Å². The van der Waals surface area contributed by atoms with Gasteiger partial charge in [0.25, 0.3) is 5.69 Å². The van der Waals surface area contributed by atoms with Crippen LogP contribution in [0.3, 0.4) is 0 Å². The number of hydrogen-bond donors (Lipinski definition) is 1. The Morgan fingerprint density at radius 1 is 1.20 bits per heavy atom. The molecule has 0 amide bonds. The van der Waals surface area contributed by atoms with Crippen LogP contribution < -0.4 is 4.74 Å². The van der Waals surface area contributed by atoms with Crippen molar-refractivity contribution >= 4 is 32.7 Å². The number of hydrogen-bond acceptors (Lipinski definition) is 4. The molecular formula is C12H8BrNO5S. The maximum absolute atomic E-state index is 11.3. The number of nitro groups is 1. The van der Waals surface area contributed by atoms with Crippen LogP contribution in [0, 0.1) is 10.1 Å². The van der Waals surface area contributed by atoms with Gasteiger partial charge in [0, 0.05) is 12.1 Å². The van der Waals surface area contributed by atoms with Gasteiger partial charge >= 0.3 is 0 Å². The minimum absolute atomic E-state index is 0.0864. The van der Waals surface area contributed by atoms with Gasteiger partial charge in [0.2, 0.25) is 0 Å². The zero-order valence-corrected chi connectivity index (χ0v) is 12.3. The van der Waals surface area contributed by atoms with Gasteiger partial charge in [-0.1, -0.05) is 12.1 Å². The van der Waals surface area contributed by atoms with Crippen molar-refractivity contribution in [3.63, 3.8) is 0 Å². The van der Waals surface area contributed by atoms with Crippen molar-refractivity contribution in [1.29, 1.82) is 0 Å². The second-order valence-corrected chi connectivity index (χ2v) is 5.46. The highest BCUT2D eigenvalue weighted by Gasteiger charge is 2.17. The summed E-state index contributed by atoms with van der Waals surface area (Å²) >= 11 is 0.889. The SMILES string of the molecule is O=[N+]([O-])c1ccc(Oc2ccccc2Br)c(S(=O)O)c1. The Morgan fingerprint density at radius 3 is 2.50 bits per heavy atom. The molecule has 2 rings (SSSR count). The first-order valence-corrected chi connectivity index (χ1v) is 7.20. The van der Waals surface area contributed by atoms with Gasteiger partial charge in [-0.2, -0.15) is 0 Å². The van der Waals surface area contributed by atoms with Crippen LogP contribution in [0.25, 0.3) is 0 Å². The van der Waals surface area contributed by atoms with Gasteiger partial charge < -0.3 is 9.29 Å². The zero-order valence-electron chi connectivity index (χ0n) is 9.86. The third-order valence-corrected chi connectivity index (χ3v) is 3.73. The Hall–Kier alpha value is -1.77. The molecule has 20 heavy (non-hydrogen) atoms. The number of nitro benzene ring substituents is 1. The molecule has 1 atom stereocenters. The van der Waals surface area contributed by atoms with Crippen LogP contribution in [0.1, 0.15) is 0 Å². The smallest absolute Gasteiger partial charge is 0.271 e. The Labute approximate surface area is 125 Å². The Balaban J connectivity index is 2.44. The summed E-state index contributed by atoms with van der Waals surface area (Å²) in [5.74, 6) is 0.524. The van der Waals surface area contributed by atoms with E-state index in [9.17, 15) is 18.9 Å². The van der Waals surface area contributed by atoms with Crippen molar-refractivity contribution in [2.45, 2.75) is 4.90 Å². The minimum Gasteiger partial charge on any atom is -0.455 e. The fourth-order valence-electron chi connectivity index (χ4n) is 1.48. The summed E-state index contributed by atoms with van der Waals surface area (Å²) in [7, 11) is 0. The Kier molecular flexibility index (Phi) is 4.48.